The Morgan fingerprint density at radius 3 is 2.53 bits per heavy atom. The number of benzene rings is 1. The van der Waals surface area contributed by atoms with E-state index in [4.69, 9.17) is 0 Å². The van der Waals surface area contributed by atoms with E-state index >= 15 is 0 Å². The van der Waals surface area contributed by atoms with Gasteiger partial charge in [-0.05, 0) is 72.2 Å². The molecule has 2 unspecified atom stereocenters. The van der Waals surface area contributed by atoms with Crippen molar-refractivity contribution in [2.75, 3.05) is 0 Å². The highest BCUT2D eigenvalue weighted by molar-refractivity contribution is 7.79. The van der Waals surface area contributed by atoms with Gasteiger partial charge >= 0.3 is 0 Å². The number of aliphatic hydroxyl groups excluding tert-OH is 1. The lowest BCUT2D eigenvalue weighted by Gasteiger charge is -2.33. The standard InChI is InChI=1S/C15H20O3S/c16-13-7-10-1-2-12(9-13)15(8-10)11-3-5-14(6-4-11)19(17)18/h3-6,10,12-13,15-16H,1-2,7-9H2,(H,17,18)/p-1/t10-,12+,13+,15?/m0/s1. The Bertz CT molecular complexity index is 471. The van der Waals surface area contributed by atoms with Crippen molar-refractivity contribution in [2.24, 2.45) is 11.8 Å². The minimum absolute atomic E-state index is 0.143. The molecule has 1 aromatic rings. The van der Waals surface area contributed by atoms with Crippen molar-refractivity contribution < 1.29 is 13.9 Å². The summed E-state index contributed by atoms with van der Waals surface area (Å²) in [4.78, 5) is 0.350. The Morgan fingerprint density at radius 2 is 1.84 bits per heavy atom. The van der Waals surface area contributed by atoms with Crippen molar-refractivity contribution in [1.29, 1.82) is 0 Å². The van der Waals surface area contributed by atoms with Gasteiger partial charge in [0, 0.05) is 4.90 Å². The van der Waals surface area contributed by atoms with E-state index in [1.807, 2.05) is 12.1 Å². The third-order valence-corrected chi connectivity index (χ3v) is 5.44. The quantitative estimate of drug-likeness (QED) is 0.846. The van der Waals surface area contributed by atoms with Gasteiger partial charge in [-0.3, -0.25) is 4.21 Å². The first-order valence-corrected chi connectivity index (χ1v) is 8.08. The van der Waals surface area contributed by atoms with Crippen LogP contribution in [0.4, 0.5) is 0 Å². The summed E-state index contributed by atoms with van der Waals surface area (Å²) in [5.74, 6) is 1.68. The molecule has 2 bridgehead atoms. The maximum atomic E-state index is 10.9. The average molecular weight is 279 g/mol. The van der Waals surface area contributed by atoms with E-state index in [0.29, 0.717) is 22.6 Å². The van der Waals surface area contributed by atoms with Crippen LogP contribution < -0.4 is 0 Å². The molecule has 4 rings (SSSR count). The number of rotatable bonds is 2. The molecule has 0 amide bonds. The Morgan fingerprint density at radius 1 is 1.11 bits per heavy atom. The van der Waals surface area contributed by atoms with Crippen molar-refractivity contribution in [3.8, 4) is 0 Å². The fraction of sp³-hybridized carbons (Fsp3) is 0.600. The summed E-state index contributed by atoms with van der Waals surface area (Å²) in [6.45, 7) is 0. The smallest absolute Gasteiger partial charge is 0.0545 e. The molecule has 3 aliphatic rings. The lowest BCUT2D eigenvalue weighted by Crippen LogP contribution is -2.20. The Balaban J connectivity index is 1.83. The van der Waals surface area contributed by atoms with Crippen molar-refractivity contribution in [2.45, 2.75) is 49.0 Å². The van der Waals surface area contributed by atoms with Gasteiger partial charge in [0.05, 0.1) is 6.10 Å². The zero-order valence-electron chi connectivity index (χ0n) is 10.8. The largest absolute Gasteiger partial charge is 0.768 e. The number of fused-ring (bicyclic) bond motifs is 4. The normalized spacial score (nSPS) is 35.9. The molecule has 5 atom stereocenters. The van der Waals surface area contributed by atoms with Crippen LogP contribution >= 0.6 is 0 Å². The van der Waals surface area contributed by atoms with Crippen molar-refractivity contribution in [3.63, 3.8) is 0 Å². The van der Waals surface area contributed by atoms with Crippen molar-refractivity contribution >= 4 is 11.1 Å². The molecular weight excluding hydrogens is 260 g/mol. The monoisotopic (exact) mass is 279 g/mol. The predicted octanol–water partition coefficient (Wildman–Crippen LogP) is 2.58. The molecule has 0 saturated heterocycles. The lowest BCUT2D eigenvalue weighted by molar-refractivity contribution is 0.140. The maximum absolute atomic E-state index is 10.9. The van der Waals surface area contributed by atoms with Gasteiger partial charge in [-0.1, -0.05) is 18.6 Å². The third-order valence-electron chi connectivity index (χ3n) is 4.78. The Hall–Kier alpha value is -0.710. The molecule has 0 radical (unpaired) electrons. The van der Waals surface area contributed by atoms with Crippen LogP contribution in [0.3, 0.4) is 0 Å². The van der Waals surface area contributed by atoms with Gasteiger partial charge in [0.15, 0.2) is 0 Å². The summed E-state index contributed by atoms with van der Waals surface area (Å²) >= 11 is -2.14. The highest BCUT2D eigenvalue weighted by Gasteiger charge is 2.37. The number of aliphatic hydroxyl groups is 1. The SMILES string of the molecule is O=S([O-])c1ccc(C2C[C@H]3CC[C@@H]2C[C@H](O)C3)cc1. The summed E-state index contributed by atoms with van der Waals surface area (Å²) in [5.41, 5.74) is 1.23. The van der Waals surface area contributed by atoms with Crippen LogP contribution in [0.15, 0.2) is 29.2 Å². The predicted molar refractivity (Wildman–Crippen MR) is 72.4 cm³/mol. The Labute approximate surface area is 116 Å². The van der Waals surface area contributed by atoms with Gasteiger partial charge in [0.2, 0.25) is 0 Å². The molecule has 0 aliphatic heterocycles. The molecule has 4 heteroatoms. The molecule has 3 nitrogen and oxygen atoms in total. The van der Waals surface area contributed by atoms with Crippen molar-refractivity contribution in [1.82, 2.24) is 0 Å². The first-order chi connectivity index (χ1) is 9.13. The van der Waals surface area contributed by atoms with Crippen LogP contribution in [0.25, 0.3) is 0 Å². The molecule has 1 aromatic carbocycles. The lowest BCUT2D eigenvalue weighted by atomic mass is 9.72. The summed E-state index contributed by atoms with van der Waals surface area (Å²) in [7, 11) is 0. The van der Waals surface area contributed by atoms with Gasteiger partial charge < -0.3 is 9.66 Å². The van der Waals surface area contributed by atoms with Crippen molar-refractivity contribution in [3.05, 3.63) is 29.8 Å². The molecule has 104 valence electrons. The first-order valence-electron chi connectivity index (χ1n) is 7.01. The molecule has 3 saturated carbocycles. The molecule has 19 heavy (non-hydrogen) atoms. The van der Waals surface area contributed by atoms with E-state index in [2.05, 4.69) is 0 Å². The summed E-state index contributed by atoms with van der Waals surface area (Å²) in [6.07, 6.45) is 5.27. The summed E-state index contributed by atoms with van der Waals surface area (Å²) in [6, 6.07) is 7.27. The second-order valence-electron chi connectivity index (χ2n) is 5.97. The molecule has 3 aliphatic carbocycles. The van der Waals surface area contributed by atoms with Crippen LogP contribution in [0.2, 0.25) is 0 Å². The third kappa shape index (κ3) is 2.76. The first kappa shape index (κ1) is 13.3. The zero-order chi connectivity index (χ0) is 13.4. The molecule has 0 spiro atoms. The maximum Gasteiger partial charge on any atom is 0.0545 e. The fourth-order valence-corrected chi connectivity index (χ4v) is 4.24. The van der Waals surface area contributed by atoms with E-state index in [0.717, 1.165) is 19.3 Å². The Kier molecular flexibility index (Phi) is 3.74. The van der Waals surface area contributed by atoms with Gasteiger partial charge in [0.25, 0.3) is 0 Å². The van der Waals surface area contributed by atoms with E-state index in [1.54, 1.807) is 12.1 Å². The van der Waals surface area contributed by atoms with Crippen LogP contribution in [0.1, 0.15) is 43.6 Å². The van der Waals surface area contributed by atoms with Gasteiger partial charge in [-0.25, -0.2) is 0 Å². The van der Waals surface area contributed by atoms with Gasteiger partial charge in [-0.15, -0.1) is 0 Å². The minimum atomic E-state index is -2.14. The highest BCUT2D eigenvalue weighted by Crippen LogP contribution is 2.47. The molecule has 0 heterocycles. The van der Waals surface area contributed by atoms with Gasteiger partial charge in [0.1, 0.15) is 0 Å². The van der Waals surface area contributed by atoms with E-state index in [-0.39, 0.29) is 6.10 Å². The summed E-state index contributed by atoms with van der Waals surface area (Å²) < 4.78 is 21.8. The van der Waals surface area contributed by atoms with E-state index in [9.17, 15) is 13.9 Å². The van der Waals surface area contributed by atoms with Crippen LogP contribution in [0, 0.1) is 11.8 Å². The van der Waals surface area contributed by atoms with Gasteiger partial charge in [-0.2, -0.15) is 0 Å². The second kappa shape index (κ2) is 5.35. The molecule has 0 aromatic heterocycles. The number of hydrogen-bond donors (Lipinski definition) is 1. The number of hydrogen-bond acceptors (Lipinski definition) is 3. The molecule has 1 N–H and O–H groups in total. The topological polar surface area (TPSA) is 60.4 Å². The second-order valence-corrected chi connectivity index (χ2v) is 6.92. The summed E-state index contributed by atoms with van der Waals surface area (Å²) in [5, 5.41) is 9.97. The molecular formula is C15H19O3S-. The van der Waals surface area contributed by atoms with Crippen LogP contribution in [-0.4, -0.2) is 20.0 Å². The van der Waals surface area contributed by atoms with E-state index in [1.165, 1.54) is 18.4 Å². The van der Waals surface area contributed by atoms with Crippen LogP contribution in [0.5, 0.6) is 0 Å². The van der Waals surface area contributed by atoms with E-state index < -0.39 is 11.1 Å². The fourth-order valence-electron chi connectivity index (χ4n) is 3.88. The minimum Gasteiger partial charge on any atom is -0.768 e. The average Bonchev–Trinajstić information content (AvgIpc) is 2.67. The molecule has 3 fully saturated rings. The van der Waals surface area contributed by atoms with Crippen LogP contribution in [-0.2, 0) is 11.1 Å². The zero-order valence-corrected chi connectivity index (χ0v) is 11.6. The highest BCUT2D eigenvalue weighted by atomic mass is 32.2.